The van der Waals surface area contributed by atoms with Crippen LogP contribution in [0.3, 0.4) is 0 Å². The highest BCUT2D eigenvalue weighted by Crippen LogP contribution is 2.23. The molecule has 0 bridgehead atoms. The second kappa shape index (κ2) is 4.80. The van der Waals surface area contributed by atoms with Crippen LogP contribution < -0.4 is 0 Å². The van der Waals surface area contributed by atoms with Crippen molar-refractivity contribution in [3.8, 4) is 0 Å². The number of rotatable bonds is 2. The molecular weight excluding hydrogens is 192 g/mol. The SMILES string of the molecule is [CH2]c1cccc(C(=CC)c2ccccc2)c1. The van der Waals surface area contributed by atoms with Crippen LogP contribution in [0.15, 0.2) is 60.7 Å². The van der Waals surface area contributed by atoms with E-state index in [4.69, 9.17) is 0 Å². The van der Waals surface area contributed by atoms with E-state index in [9.17, 15) is 0 Å². The maximum Gasteiger partial charge on any atom is -0.0154 e. The van der Waals surface area contributed by atoms with Gasteiger partial charge in [-0.2, -0.15) is 0 Å². The molecule has 0 aliphatic rings. The monoisotopic (exact) mass is 207 g/mol. The first kappa shape index (κ1) is 10.7. The molecule has 0 aliphatic heterocycles. The van der Waals surface area contributed by atoms with Gasteiger partial charge in [0, 0.05) is 0 Å². The van der Waals surface area contributed by atoms with Gasteiger partial charge in [0.1, 0.15) is 0 Å². The number of hydrogen-bond donors (Lipinski definition) is 0. The van der Waals surface area contributed by atoms with E-state index in [1.165, 1.54) is 16.7 Å². The Kier molecular flexibility index (Phi) is 3.21. The molecule has 0 aliphatic carbocycles. The summed E-state index contributed by atoms with van der Waals surface area (Å²) in [6, 6.07) is 18.7. The number of benzene rings is 2. The van der Waals surface area contributed by atoms with Crippen molar-refractivity contribution in [3.63, 3.8) is 0 Å². The van der Waals surface area contributed by atoms with Crippen molar-refractivity contribution in [2.45, 2.75) is 6.92 Å². The largest absolute Gasteiger partial charge is 0.0792 e. The molecule has 0 nitrogen and oxygen atoms in total. The van der Waals surface area contributed by atoms with Crippen LogP contribution in [-0.2, 0) is 0 Å². The van der Waals surface area contributed by atoms with E-state index in [1.54, 1.807) is 0 Å². The molecule has 0 fully saturated rings. The highest BCUT2D eigenvalue weighted by molar-refractivity contribution is 5.79. The van der Waals surface area contributed by atoms with Crippen molar-refractivity contribution in [2.75, 3.05) is 0 Å². The van der Waals surface area contributed by atoms with Gasteiger partial charge in [0.05, 0.1) is 0 Å². The first-order chi connectivity index (χ1) is 7.81. The van der Waals surface area contributed by atoms with Gasteiger partial charge in [-0.25, -0.2) is 0 Å². The van der Waals surface area contributed by atoms with Crippen molar-refractivity contribution >= 4 is 5.57 Å². The Balaban J connectivity index is 2.46. The van der Waals surface area contributed by atoms with Crippen LogP contribution in [0.4, 0.5) is 0 Å². The summed E-state index contributed by atoms with van der Waals surface area (Å²) < 4.78 is 0. The molecule has 0 saturated heterocycles. The number of allylic oxidation sites excluding steroid dienone is 1. The van der Waals surface area contributed by atoms with Gasteiger partial charge in [-0.1, -0.05) is 60.7 Å². The molecule has 0 heterocycles. The van der Waals surface area contributed by atoms with Gasteiger partial charge in [-0.3, -0.25) is 0 Å². The Morgan fingerprint density at radius 3 is 2.25 bits per heavy atom. The highest BCUT2D eigenvalue weighted by Gasteiger charge is 2.02. The standard InChI is InChI=1S/C16H15/c1-3-16(14-9-5-4-6-10-14)15-11-7-8-13(2)12-15/h3-12H,2H2,1H3. The van der Waals surface area contributed by atoms with Gasteiger partial charge in [0.25, 0.3) is 0 Å². The van der Waals surface area contributed by atoms with Gasteiger partial charge in [-0.05, 0) is 36.1 Å². The van der Waals surface area contributed by atoms with E-state index in [-0.39, 0.29) is 0 Å². The van der Waals surface area contributed by atoms with Gasteiger partial charge in [0.2, 0.25) is 0 Å². The van der Waals surface area contributed by atoms with Crippen LogP contribution in [0.5, 0.6) is 0 Å². The summed E-state index contributed by atoms with van der Waals surface area (Å²) in [4.78, 5) is 0. The van der Waals surface area contributed by atoms with Gasteiger partial charge in [0.15, 0.2) is 0 Å². The van der Waals surface area contributed by atoms with Crippen molar-refractivity contribution in [1.82, 2.24) is 0 Å². The minimum Gasteiger partial charge on any atom is -0.0792 e. The van der Waals surface area contributed by atoms with Crippen molar-refractivity contribution < 1.29 is 0 Å². The zero-order chi connectivity index (χ0) is 11.4. The molecule has 0 amide bonds. The summed E-state index contributed by atoms with van der Waals surface area (Å²) in [5.41, 5.74) is 4.77. The maximum atomic E-state index is 3.96. The van der Waals surface area contributed by atoms with Gasteiger partial charge >= 0.3 is 0 Å². The molecular formula is C16H15. The molecule has 0 saturated carbocycles. The van der Waals surface area contributed by atoms with Gasteiger partial charge < -0.3 is 0 Å². The van der Waals surface area contributed by atoms with Crippen molar-refractivity contribution in [3.05, 3.63) is 84.3 Å². The lowest BCUT2D eigenvalue weighted by Gasteiger charge is -2.08. The highest BCUT2D eigenvalue weighted by atomic mass is 14.1. The molecule has 1 radical (unpaired) electrons. The summed E-state index contributed by atoms with van der Waals surface area (Å²) in [7, 11) is 0. The molecule has 0 spiro atoms. The fraction of sp³-hybridized carbons (Fsp3) is 0.0625. The van der Waals surface area contributed by atoms with E-state index in [1.807, 2.05) is 18.2 Å². The second-order valence-corrected chi connectivity index (χ2v) is 3.77. The Morgan fingerprint density at radius 2 is 1.62 bits per heavy atom. The van der Waals surface area contributed by atoms with E-state index in [2.05, 4.69) is 56.3 Å². The van der Waals surface area contributed by atoms with E-state index >= 15 is 0 Å². The van der Waals surface area contributed by atoms with Crippen LogP contribution in [0.2, 0.25) is 0 Å². The minimum absolute atomic E-state index is 1.05. The topological polar surface area (TPSA) is 0 Å². The van der Waals surface area contributed by atoms with E-state index in [0.29, 0.717) is 0 Å². The third-order valence-corrected chi connectivity index (χ3v) is 2.61. The molecule has 0 heteroatoms. The smallest absolute Gasteiger partial charge is 0.0154 e. The molecule has 0 unspecified atom stereocenters. The van der Waals surface area contributed by atoms with Crippen molar-refractivity contribution in [1.29, 1.82) is 0 Å². The predicted molar refractivity (Wildman–Crippen MR) is 70.1 cm³/mol. The third kappa shape index (κ3) is 2.22. The average molecular weight is 207 g/mol. The fourth-order valence-electron chi connectivity index (χ4n) is 1.86. The van der Waals surface area contributed by atoms with Crippen LogP contribution >= 0.6 is 0 Å². The molecule has 0 N–H and O–H groups in total. The predicted octanol–water partition coefficient (Wildman–Crippen LogP) is 4.32. The Morgan fingerprint density at radius 1 is 0.938 bits per heavy atom. The quantitative estimate of drug-likeness (QED) is 0.688. The summed E-state index contributed by atoms with van der Waals surface area (Å²) in [5.74, 6) is 0. The molecule has 2 aromatic carbocycles. The molecule has 2 aromatic rings. The summed E-state index contributed by atoms with van der Waals surface area (Å²) in [6.45, 7) is 6.03. The van der Waals surface area contributed by atoms with E-state index < -0.39 is 0 Å². The fourth-order valence-corrected chi connectivity index (χ4v) is 1.86. The lowest BCUT2D eigenvalue weighted by molar-refractivity contribution is 1.50. The first-order valence-corrected chi connectivity index (χ1v) is 5.45. The second-order valence-electron chi connectivity index (χ2n) is 3.77. The lowest BCUT2D eigenvalue weighted by Crippen LogP contribution is -1.87. The summed E-state index contributed by atoms with van der Waals surface area (Å²) in [5, 5.41) is 0. The first-order valence-electron chi connectivity index (χ1n) is 5.45. The maximum absolute atomic E-state index is 3.96. The Bertz CT molecular complexity index is 492. The summed E-state index contributed by atoms with van der Waals surface area (Å²) in [6.07, 6.45) is 2.14. The summed E-state index contributed by atoms with van der Waals surface area (Å²) >= 11 is 0. The molecule has 0 atom stereocenters. The van der Waals surface area contributed by atoms with Crippen LogP contribution in [0.1, 0.15) is 23.6 Å². The minimum atomic E-state index is 1.05. The Labute approximate surface area is 97.3 Å². The van der Waals surface area contributed by atoms with Crippen molar-refractivity contribution in [2.24, 2.45) is 0 Å². The lowest BCUT2D eigenvalue weighted by atomic mass is 9.97. The third-order valence-electron chi connectivity index (χ3n) is 2.61. The van der Waals surface area contributed by atoms with Crippen LogP contribution in [0.25, 0.3) is 5.57 Å². The van der Waals surface area contributed by atoms with Crippen LogP contribution in [-0.4, -0.2) is 0 Å². The number of hydrogen-bond acceptors (Lipinski definition) is 0. The van der Waals surface area contributed by atoms with E-state index in [0.717, 1.165) is 5.56 Å². The zero-order valence-corrected chi connectivity index (χ0v) is 9.48. The molecule has 16 heavy (non-hydrogen) atoms. The average Bonchev–Trinajstić information content (AvgIpc) is 2.31. The molecule has 79 valence electrons. The van der Waals surface area contributed by atoms with Gasteiger partial charge in [-0.15, -0.1) is 0 Å². The molecule has 2 rings (SSSR count). The molecule has 0 aromatic heterocycles. The zero-order valence-electron chi connectivity index (χ0n) is 9.48. The normalized spacial score (nSPS) is 11.5. The van der Waals surface area contributed by atoms with Crippen LogP contribution in [0, 0.1) is 6.92 Å². The Hall–Kier alpha value is -1.82.